The molecule has 2 rings (SSSR count). The normalized spacial score (nSPS) is 29.0. The first-order chi connectivity index (χ1) is 6.49. The first kappa shape index (κ1) is 13.3. The molecule has 2 N–H and O–H groups in total. The van der Waals surface area contributed by atoms with Crippen LogP contribution in [0.3, 0.4) is 0 Å². The minimum atomic E-state index is 0. The topological polar surface area (TPSA) is 29.3 Å². The summed E-state index contributed by atoms with van der Waals surface area (Å²) in [4.78, 5) is 2.62. The zero-order chi connectivity index (χ0) is 10.2. The second-order valence-electron chi connectivity index (χ2n) is 6.09. The highest BCUT2D eigenvalue weighted by Crippen LogP contribution is 2.41. The molecule has 3 heteroatoms. The Kier molecular flexibility index (Phi) is 4.07. The van der Waals surface area contributed by atoms with Crippen molar-refractivity contribution >= 4 is 12.4 Å². The van der Waals surface area contributed by atoms with Crippen LogP contribution >= 0.6 is 12.4 Å². The molecular formula is C12H25ClN2. The molecule has 0 unspecified atom stereocenters. The van der Waals surface area contributed by atoms with Crippen LogP contribution in [-0.2, 0) is 0 Å². The second kappa shape index (κ2) is 4.60. The van der Waals surface area contributed by atoms with Crippen molar-refractivity contribution in [2.45, 2.75) is 51.5 Å². The van der Waals surface area contributed by atoms with Gasteiger partial charge in [0.1, 0.15) is 0 Å². The van der Waals surface area contributed by atoms with E-state index in [4.69, 9.17) is 5.73 Å². The van der Waals surface area contributed by atoms with Crippen LogP contribution < -0.4 is 5.73 Å². The van der Waals surface area contributed by atoms with Crippen molar-refractivity contribution in [3.8, 4) is 0 Å². The average Bonchev–Trinajstić information content (AvgIpc) is 2.06. The van der Waals surface area contributed by atoms with Crippen molar-refractivity contribution in [2.75, 3.05) is 19.6 Å². The Morgan fingerprint density at radius 1 is 1.07 bits per heavy atom. The van der Waals surface area contributed by atoms with Crippen molar-refractivity contribution < 1.29 is 0 Å². The monoisotopic (exact) mass is 232 g/mol. The van der Waals surface area contributed by atoms with E-state index in [0.717, 1.165) is 0 Å². The predicted octanol–water partition coefficient (Wildman–Crippen LogP) is 2.41. The number of hydrogen-bond donors (Lipinski definition) is 1. The second-order valence-corrected chi connectivity index (χ2v) is 6.09. The first-order valence-corrected chi connectivity index (χ1v) is 6.01. The van der Waals surface area contributed by atoms with E-state index in [0.29, 0.717) is 5.41 Å². The van der Waals surface area contributed by atoms with E-state index in [1.165, 1.54) is 51.7 Å². The van der Waals surface area contributed by atoms with Gasteiger partial charge in [0.15, 0.2) is 0 Å². The summed E-state index contributed by atoms with van der Waals surface area (Å²) in [7, 11) is 0. The maximum absolute atomic E-state index is 6.12. The minimum absolute atomic E-state index is 0. The van der Waals surface area contributed by atoms with Crippen molar-refractivity contribution in [3.05, 3.63) is 0 Å². The molecule has 1 aliphatic carbocycles. The molecule has 0 radical (unpaired) electrons. The number of nitrogens with zero attached hydrogens (tertiary/aromatic N) is 1. The summed E-state index contributed by atoms with van der Waals surface area (Å²) < 4.78 is 0. The number of piperidine rings is 1. The first-order valence-electron chi connectivity index (χ1n) is 6.01. The fourth-order valence-corrected chi connectivity index (χ4v) is 2.70. The van der Waals surface area contributed by atoms with Gasteiger partial charge in [-0.05, 0) is 51.1 Å². The molecule has 0 spiro atoms. The van der Waals surface area contributed by atoms with E-state index in [9.17, 15) is 0 Å². The number of nitrogens with two attached hydrogens (primary N) is 1. The third kappa shape index (κ3) is 3.33. The highest BCUT2D eigenvalue weighted by atomic mass is 35.5. The third-order valence-electron chi connectivity index (χ3n) is 4.16. The van der Waals surface area contributed by atoms with Gasteiger partial charge < -0.3 is 10.6 Å². The maximum Gasteiger partial charge on any atom is 0.0150 e. The summed E-state index contributed by atoms with van der Waals surface area (Å²) in [5, 5.41) is 0. The molecular weight excluding hydrogens is 208 g/mol. The van der Waals surface area contributed by atoms with E-state index in [2.05, 4.69) is 18.7 Å². The van der Waals surface area contributed by atoms with Crippen molar-refractivity contribution in [2.24, 2.45) is 11.1 Å². The molecule has 0 aromatic heterocycles. The number of hydrogen-bond acceptors (Lipinski definition) is 2. The molecule has 0 atom stereocenters. The van der Waals surface area contributed by atoms with Crippen molar-refractivity contribution in [3.63, 3.8) is 0 Å². The van der Waals surface area contributed by atoms with Gasteiger partial charge in [-0.3, -0.25) is 0 Å². The molecule has 0 aromatic rings. The van der Waals surface area contributed by atoms with Gasteiger partial charge >= 0.3 is 0 Å². The highest BCUT2D eigenvalue weighted by molar-refractivity contribution is 5.85. The molecule has 90 valence electrons. The van der Waals surface area contributed by atoms with E-state index in [-0.39, 0.29) is 17.9 Å². The highest BCUT2D eigenvalue weighted by Gasteiger charge is 2.35. The Hall–Kier alpha value is 0.210. The van der Waals surface area contributed by atoms with Crippen molar-refractivity contribution in [1.29, 1.82) is 0 Å². The Bertz CT molecular complexity index is 202. The standard InChI is InChI=1S/C12H24N2.ClH/c1-11(4-3-5-11)10-14-8-6-12(2,13)7-9-14;/h3-10,13H2,1-2H3;1H. The number of rotatable bonds is 2. The fourth-order valence-electron chi connectivity index (χ4n) is 2.70. The smallest absolute Gasteiger partial charge is 0.0150 e. The molecule has 1 aliphatic heterocycles. The molecule has 0 bridgehead atoms. The third-order valence-corrected chi connectivity index (χ3v) is 4.16. The van der Waals surface area contributed by atoms with Crippen LogP contribution in [0.25, 0.3) is 0 Å². The van der Waals surface area contributed by atoms with Crippen LogP contribution in [0.2, 0.25) is 0 Å². The van der Waals surface area contributed by atoms with Crippen LogP contribution in [0.5, 0.6) is 0 Å². The summed E-state index contributed by atoms with van der Waals surface area (Å²) in [6.07, 6.45) is 6.65. The van der Waals surface area contributed by atoms with Gasteiger partial charge in [-0.25, -0.2) is 0 Å². The molecule has 1 saturated carbocycles. The Balaban J connectivity index is 0.00000112. The maximum atomic E-state index is 6.12. The average molecular weight is 233 g/mol. The molecule has 0 aromatic carbocycles. The SMILES string of the molecule is CC1(N)CCN(CC2(C)CCC2)CC1.Cl. The van der Waals surface area contributed by atoms with Crippen LogP contribution in [-0.4, -0.2) is 30.1 Å². The predicted molar refractivity (Wildman–Crippen MR) is 67.5 cm³/mol. The van der Waals surface area contributed by atoms with Crippen molar-refractivity contribution in [1.82, 2.24) is 4.90 Å². The molecule has 15 heavy (non-hydrogen) atoms. The molecule has 2 fully saturated rings. The molecule has 2 aliphatic rings. The lowest BCUT2D eigenvalue weighted by atomic mass is 9.70. The van der Waals surface area contributed by atoms with Crippen LogP contribution in [0.4, 0.5) is 0 Å². The summed E-state index contributed by atoms with van der Waals surface area (Å²) >= 11 is 0. The number of likely N-dealkylation sites (tertiary alicyclic amines) is 1. The lowest BCUT2D eigenvalue weighted by Gasteiger charge is -2.45. The van der Waals surface area contributed by atoms with Gasteiger partial charge in [-0.1, -0.05) is 13.3 Å². The van der Waals surface area contributed by atoms with E-state index >= 15 is 0 Å². The Morgan fingerprint density at radius 2 is 1.60 bits per heavy atom. The summed E-state index contributed by atoms with van der Waals surface area (Å²) in [6, 6.07) is 0. The van der Waals surface area contributed by atoms with Crippen LogP contribution in [0.15, 0.2) is 0 Å². The van der Waals surface area contributed by atoms with E-state index < -0.39 is 0 Å². The molecule has 2 nitrogen and oxygen atoms in total. The van der Waals surface area contributed by atoms with Crippen LogP contribution in [0.1, 0.15) is 46.0 Å². The molecule has 0 amide bonds. The number of halogens is 1. The summed E-state index contributed by atoms with van der Waals surface area (Å²) in [6.45, 7) is 8.36. The van der Waals surface area contributed by atoms with Crippen LogP contribution in [0, 0.1) is 5.41 Å². The van der Waals surface area contributed by atoms with E-state index in [1.54, 1.807) is 0 Å². The molecule has 1 saturated heterocycles. The quantitative estimate of drug-likeness (QED) is 0.793. The van der Waals surface area contributed by atoms with Gasteiger partial charge in [-0.2, -0.15) is 0 Å². The van der Waals surface area contributed by atoms with Gasteiger partial charge in [-0.15, -0.1) is 12.4 Å². The zero-order valence-corrected chi connectivity index (χ0v) is 10.9. The Morgan fingerprint density at radius 3 is 2.00 bits per heavy atom. The lowest BCUT2D eigenvalue weighted by molar-refractivity contribution is 0.0608. The van der Waals surface area contributed by atoms with Gasteiger partial charge in [0.25, 0.3) is 0 Å². The largest absolute Gasteiger partial charge is 0.325 e. The van der Waals surface area contributed by atoms with E-state index in [1.807, 2.05) is 0 Å². The molecule has 1 heterocycles. The van der Waals surface area contributed by atoms with Gasteiger partial charge in [0, 0.05) is 12.1 Å². The lowest BCUT2D eigenvalue weighted by Crippen LogP contribution is -2.51. The minimum Gasteiger partial charge on any atom is -0.325 e. The summed E-state index contributed by atoms with van der Waals surface area (Å²) in [5.41, 5.74) is 6.87. The van der Waals surface area contributed by atoms with Gasteiger partial charge in [0.2, 0.25) is 0 Å². The zero-order valence-electron chi connectivity index (χ0n) is 10.1. The van der Waals surface area contributed by atoms with Gasteiger partial charge in [0.05, 0.1) is 0 Å². The fraction of sp³-hybridized carbons (Fsp3) is 1.00. The Labute approximate surface area is 100.0 Å². The summed E-state index contributed by atoms with van der Waals surface area (Å²) in [5.74, 6) is 0.